The Morgan fingerprint density at radius 3 is 2.79 bits per heavy atom. The number of halogens is 2. The molecule has 1 N–H and O–H groups in total. The lowest BCUT2D eigenvalue weighted by atomic mass is 10.3. The highest BCUT2D eigenvalue weighted by Crippen LogP contribution is 2.09. The summed E-state index contributed by atoms with van der Waals surface area (Å²) >= 11 is 0. The first-order valence-electron chi connectivity index (χ1n) is 3.73. The topological polar surface area (TPSA) is 55.1 Å². The van der Waals surface area contributed by atoms with Gasteiger partial charge in [-0.1, -0.05) is 0 Å². The Morgan fingerprint density at radius 2 is 2.36 bits per heavy atom. The molecular formula is C8H8F2N2O2. The second kappa shape index (κ2) is 3.99. The number of aliphatic hydroxyl groups excluding tert-OH is 1. The molecule has 1 heterocycles. The van der Waals surface area contributed by atoms with E-state index in [4.69, 9.17) is 0 Å². The lowest BCUT2D eigenvalue weighted by Gasteiger charge is -1.94. The number of aliphatic hydroxyl groups is 1. The Balaban J connectivity index is 2.84. The molecule has 0 aliphatic heterocycles. The highest BCUT2D eigenvalue weighted by Gasteiger charge is 2.14. The molecule has 0 amide bonds. The molecule has 0 aromatic carbocycles. The van der Waals surface area contributed by atoms with Gasteiger partial charge in [-0.25, -0.2) is 8.78 Å². The van der Waals surface area contributed by atoms with Gasteiger partial charge in [0.25, 0.3) is 6.43 Å². The van der Waals surface area contributed by atoms with Crippen molar-refractivity contribution in [2.24, 2.45) is 7.05 Å². The average molecular weight is 202 g/mol. The fraction of sp³-hybridized carbons (Fsp3) is 0.250. The van der Waals surface area contributed by atoms with E-state index in [-0.39, 0.29) is 5.69 Å². The number of ketones is 1. The number of allylic oxidation sites excluding steroid dienone is 1. The molecule has 1 aromatic rings. The number of nitrogens with zero attached hydrogens (tertiary/aromatic N) is 2. The van der Waals surface area contributed by atoms with Crippen molar-refractivity contribution in [1.29, 1.82) is 0 Å². The van der Waals surface area contributed by atoms with Gasteiger partial charge in [-0.15, -0.1) is 0 Å². The van der Waals surface area contributed by atoms with Crippen LogP contribution < -0.4 is 0 Å². The van der Waals surface area contributed by atoms with Crippen LogP contribution in [0.5, 0.6) is 0 Å². The van der Waals surface area contributed by atoms with Gasteiger partial charge in [0.05, 0.1) is 0 Å². The number of carbonyl (C=O) groups is 1. The zero-order valence-electron chi connectivity index (χ0n) is 7.32. The van der Waals surface area contributed by atoms with Gasteiger partial charge in [0, 0.05) is 19.3 Å². The van der Waals surface area contributed by atoms with Gasteiger partial charge >= 0.3 is 0 Å². The van der Waals surface area contributed by atoms with E-state index in [0.29, 0.717) is 6.08 Å². The number of hydrogen-bond acceptors (Lipinski definition) is 3. The zero-order chi connectivity index (χ0) is 10.7. The molecule has 0 saturated carbocycles. The zero-order valence-corrected chi connectivity index (χ0v) is 7.32. The predicted octanol–water partition coefficient (Wildman–Crippen LogP) is 1.15. The summed E-state index contributed by atoms with van der Waals surface area (Å²) in [6.07, 6.45) is -1.12. The fourth-order valence-corrected chi connectivity index (χ4v) is 0.823. The van der Waals surface area contributed by atoms with E-state index in [1.807, 2.05) is 0 Å². The van der Waals surface area contributed by atoms with Crippen LogP contribution in [0.25, 0.3) is 5.76 Å². The van der Waals surface area contributed by atoms with Gasteiger partial charge in [0.15, 0.2) is 0 Å². The van der Waals surface area contributed by atoms with E-state index in [1.54, 1.807) is 7.05 Å². The molecule has 4 nitrogen and oxygen atoms in total. The smallest absolute Gasteiger partial charge is 0.300 e. The van der Waals surface area contributed by atoms with Crippen molar-refractivity contribution in [1.82, 2.24) is 9.78 Å². The van der Waals surface area contributed by atoms with E-state index >= 15 is 0 Å². The standard InChI is InChI=1S/C8H8F2N2O2/c1-12-3-2-5(11-12)6(13)4-7(14)8(9)10/h2-4,8,13H,1H3. The molecular weight excluding hydrogens is 194 g/mol. The maximum Gasteiger partial charge on any atom is 0.300 e. The third-order valence-corrected chi connectivity index (χ3v) is 1.47. The molecule has 0 atom stereocenters. The minimum Gasteiger partial charge on any atom is -0.505 e. The van der Waals surface area contributed by atoms with Crippen molar-refractivity contribution < 1.29 is 18.7 Å². The van der Waals surface area contributed by atoms with E-state index in [0.717, 1.165) is 0 Å². The first kappa shape index (κ1) is 10.4. The molecule has 0 bridgehead atoms. The number of rotatable bonds is 3. The van der Waals surface area contributed by atoms with Crippen molar-refractivity contribution in [3.05, 3.63) is 24.0 Å². The van der Waals surface area contributed by atoms with E-state index < -0.39 is 18.0 Å². The van der Waals surface area contributed by atoms with Crippen LogP contribution in [0.2, 0.25) is 0 Å². The molecule has 1 rings (SSSR count). The van der Waals surface area contributed by atoms with Crippen LogP contribution in [0.15, 0.2) is 18.3 Å². The Hall–Kier alpha value is -1.72. The van der Waals surface area contributed by atoms with E-state index in [2.05, 4.69) is 5.10 Å². The van der Waals surface area contributed by atoms with Crippen LogP contribution in [0.3, 0.4) is 0 Å². The van der Waals surface area contributed by atoms with Crippen molar-refractivity contribution >= 4 is 11.5 Å². The second-order valence-corrected chi connectivity index (χ2v) is 2.61. The van der Waals surface area contributed by atoms with Crippen molar-refractivity contribution in [3.8, 4) is 0 Å². The van der Waals surface area contributed by atoms with Crippen molar-refractivity contribution in [3.63, 3.8) is 0 Å². The lowest BCUT2D eigenvalue weighted by Crippen LogP contribution is -2.06. The van der Waals surface area contributed by atoms with Crippen LogP contribution >= 0.6 is 0 Å². The summed E-state index contributed by atoms with van der Waals surface area (Å²) in [5.41, 5.74) is 0.0847. The molecule has 76 valence electrons. The first-order chi connectivity index (χ1) is 6.50. The van der Waals surface area contributed by atoms with E-state index in [9.17, 15) is 18.7 Å². The Bertz CT molecular complexity index is 371. The number of aryl methyl sites for hydroxylation is 1. The van der Waals surface area contributed by atoms with Gasteiger partial charge in [-0.3, -0.25) is 9.48 Å². The number of aromatic nitrogens is 2. The fourth-order valence-electron chi connectivity index (χ4n) is 0.823. The van der Waals surface area contributed by atoms with Gasteiger partial charge in [-0.05, 0) is 6.07 Å². The monoisotopic (exact) mass is 202 g/mol. The van der Waals surface area contributed by atoms with Crippen molar-refractivity contribution in [2.75, 3.05) is 0 Å². The summed E-state index contributed by atoms with van der Waals surface area (Å²) in [4.78, 5) is 10.5. The van der Waals surface area contributed by atoms with Gasteiger partial charge in [0.1, 0.15) is 11.5 Å². The first-order valence-corrected chi connectivity index (χ1v) is 3.73. The predicted molar refractivity (Wildman–Crippen MR) is 44.8 cm³/mol. The molecule has 0 radical (unpaired) electrons. The number of alkyl halides is 2. The normalized spacial score (nSPS) is 12.1. The van der Waals surface area contributed by atoms with Gasteiger partial charge in [0.2, 0.25) is 5.78 Å². The second-order valence-electron chi connectivity index (χ2n) is 2.61. The highest BCUT2D eigenvalue weighted by molar-refractivity contribution is 5.97. The molecule has 0 aliphatic carbocycles. The van der Waals surface area contributed by atoms with Gasteiger partial charge < -0.3 is 5.11 Å². The Kier molecular flexibility index (Phi) is 2.95. The molecule has 0 spiro atoms. The number of hydrogen-bond donors (Lipinski definition) is 1. The summed E-state index contributed by atoms with van der Waals surface area (Å²) in [7, 11) is 1.60. The Labute approximate surface area is 78.5 Å². The quantitative estimate of drug-likeness (QED) is 0.591. The number of carbonyl (C=O) groups excluding carboxylic acids is 1. The van der Waals surface area contributed by atoms with Crippen molar-refractivity contribution in [2.45, 2.75) is 6.43 Å². The van der Waals surface area contributed by atoms with Crippen LogP contribution in [0.4, 0.5) is 8.78 Å². The molecule has 0 unspecified atom stereocenters. The molecule has 0 saturated heterocycles. The van der Waals surface area contributed by atoms with Crippen LogP contribution in [0, 0.1) is 0 Å². The molecule has 14 heavy (non-hydrogen) atoms. The SMILES string of the molecule is Cn1ccc(C(O)=CC(=O)C(F)F)n1. The molecule has 6 heteroatoms. The lowest BCUT2D eigenvalue weighted by molar-refractivity contribution is -0.124. The summed E-state index contributed by atoms with van der Waals surface area (Å²) in [5.74, 6) is -2.00. The molecule has 0 aliphatic rings. The van der Waals surface area contributed by atoms with Crippen LogP contribution in [-0.4, -0.2) is 27.1 Å². The molecule has 1 aromatic heterocycles. The summed E-state index contributed by atoms with van der Waals surface area (Å²) in [6.45, 7) is 0. The minimum atomic E-state index is -3.11. The summed E-state index contributed by atoms with van der Waals surface area (Å²) < 4.78 is 24.9. The maximum atomic E-state index is 11.8. The maximum absolute atomic E-state index is 11.8. The highest BCUT2D eigenvalue weighted by atomic mass is 19.3. The van der Waals surface area contributed by atoms with Crippen LogP contribution in [-0.2, 0) is 11.8 Å². The Morgan fingerprint density at radius 1 is 1.71 bits per heavy atom. The third-order valence-electron chi connectivity index (χ3n) is 1.47. The summed E-state index contributed by atoms with van der Waals surface area (Å²) in [5, 5.41) is 12.9. The minimum absolute atomic E-state index is 0.0847. The molecule has 0 fully saturated rings. The average Bonchev–Trinajstić information content (AvgIpc) is 2.51. The van der Waals surface area contributed by atoms with Crippen LogP contribution in [0.1, 0.15) is 5.69 Å². The third kappa shape index (κ3) is 2.38. The van der Waals surface area contributed by atoms with E-state index in [1.165, 1.54) is 16.9 Å². The largest absolute Gasteiger partial charge is 0.505 e. The van der Waals surface area contributed by atoms with Gasteiger partial charge in [-0.2, -0.15) is 5.10 Å². The summed E-state index contributed by atoms with van der Waals surface area (Å²) in [6, 6.07) is 1.41.